The third kappa shape index (κ3) is 3.08. The van der Waals surface area contributed by atoms with Gasteiger partial charge >= 0.3 is 0 Å². The van der Waals surface area contributed by atoms with Gasteiger partial charge in [-0.1, -0.05) is 29.8 Å². The van der Waals surface area contributed by atoms with E-state index in [1.807, 2.05) is 46.4 Å². The fraction of sp³-hybridized carbons (Fsp3) is 0.174. The van der Waals surface area contributed by atoms with Crippen molar-refractivity contribution in [1.29, 1.82) is 0 Å². The fourth-order valence-corrected chi connectivity index (χ4v) is 3.61. The highest BCUT2D eigenvalue weighted by molar-refractivity contribution is 6.34. The molecule has 1 aliphatic heterocycles. The lowest BCUT2D eigenvalue weighted by molar-refractivity contribution is 0.617. The third-order valence-electron chi connectivity index (χ3n) is 4.86. The van der Waals surface area contributed by atoms with E-state index in [4.69, 9.17) is 16.0 Å². The first-order valence-corrected chi connectivity index (χ1v) is 9.26. The first kappa shape index (κ1) is 17.6. The van der Waals surface area contributed by atoms with Crippen molar-refractivity contribution < 1.29 is 4.42 Å². The lowest BCUT2D eigenvalue weighted by Crippen LogP contribution is -2.21. The Labute approximate surface area is 164 Å². The minimum atomic E-state index is 0.736. The van der Waals surface area contributed by atoms with Crippen LogP contribution >= 0.6 is 11.6 Å². The van der Waals surface area contributed by atoms with Crippen LogP contribution in [0.4, 0.5) is 5.69 Å². The smallest absolute Gasteiger partial charge is 0.203 e. The topological polar surface area (TPSA) is 19.4 Å². The van der Waals surface area contributed by atoms with Crippen LogP contribution in [0.1, 0.15) is 0 Å². The van der Waals surface area contributed by atoms with Crippen LogP contribution in [-0.2, 0) is 0 Å². The van der Waals surface area contributed by atoms with E-state index in [0.29, 0.717) is 0 Å². The van der Waals surface area contributed by atoms with E-state index in [1.54, 1.807) is 0 Å². The van der Waals surface area contributed by atoms with Crippen molar-refractivity contribution in [3.05, 3.63) is 71.0 Å². The molecule has 2 aliphatic rings. The summed E-state index contributed by atoms with van der Waals surface area (Å²) >= 11 is 6.58. The summed E-state index contributed by atoms with van der Waals surface area (Å²) in [5.74, 6) is 0.847. The molecule has 0 spiro atoms. The minimum absolute atomic E-state index is 0.736. The molecule has 2 aromatic rings. The number of rotatable bonds is 2. The van der Waals surface area contributed by atoms with E-state index in [-0.39, 0.29) is 0 Å². The molecule has 0 amide bonds. The zero-order valence-electron chi connectivity index (χ0n) is 16.0. The fourth-order valence-electron chi connectivity index (χ4n) is 3.38. The lowest BCUT2D eigenvalue weighted by Gasteiger charge is -2.18. The normalized spacial score (nSPS) is 11.1. The highest BCUT2D eigenvalue weighted by Gasteiger charge is 2.19. The van der Waals surface area contributed by atoms with Gasteiger partial charge in [0.2, 0.25) is 5.36 Å². The average molecular weight is 378 g/mol. The summed E-state index contributed by atoms with van der Waals surface area (Å²) in [4.78, 5) is 2.07. The summed E-state index contributed by atoms with van der Waals surface area (Å²) in [7, 11) is 8.12. The number of anilines is 1. The van der Waals surface area contributed by atoms with Gasteiger partial charge in [0.1, 0.15) is 25.4 Å². The third-order valence-corrected chi connectivity index (χ3v) is 5.19. The molecule has 4 heteroatoms. The van der Waals surface area contributed by atoms with Gasteiger partial charge in [0, 0.05) is 59.0 Å². The van der Waals surface area contributed by atoms with Crippen LogP contribution in [0.15, 0.2) is 65.1 Å². The number of fused-ring (bicyclic) bond motifs is 2. The van der Waals surface area contributed by atoms with E-state index in [9.17, 15) is 0 Å². The first-order valence-electron chi connectivity index (χ1n) is 8.89. The van der Waals surface area contributed by atoms with Gasteiger partial charge in [-0.3, -0.25) is 0 Å². The van der Waals surface area contributed by atoms with Crippen LogP contribution in [0, 0.1) is 0 Å². The second-order valence-electron chi connectivity index (χ2n) is 7.11. The zero-order valence-corrected chi connectivity index (χ0v) is 16.7. The van der Waals surface area contributed by atoms with Crippen molar-refractivity contribution in [1.82, 2.24) is 4.58 Å². The average Bonchev–Trinajstić information content (AvgIpc) is 2.65. The Bertz CT molecular complexity index is 1190. The molecule has 4 rings (SSSR count). The molecule has 0 N–H and O–H groups in total. The number of halogens is 1. The maximum atomic E-state index is 6.58. The van der Waals surface area contributed by atoms with Gasteiger partial charge in [-0.25, -0.2) is 4.58 Å². The Morgan fingerprint density at radius 3 is 2.37 bits per heavy atom. The highest BCUT2D eigenvalue weighted by atomic mass is 35.5. The molecule has 0 unspecified atom stereocenters. The van der Waals surface area contributed by atoms with Crippen molar-refractivity contribution in [3.63, 3.8) is 0 Å². The summed E-state index contributed by atoms with van der Waals surface area (Å²) in [6.45, 7) is 0. The SMILES string of the molecule is CN(C)c1ccc2c(-c3ccccc3Cl)c3ccc(=[N+](C)C)cc-3oc2c1. The number of benzene rings is 3. The molecule has 1 aliphatic carbocycles. The van der Waals surface area contributed by atoms with Crippen LogP contribution in [0.25, 0.3) is 33.4 Å². The van der Waals surface area contributed by atoms with Crippen LogP contribution in [-0.4, -0.2) is 28.2 Å². The van der Waals surface area contributed by atoms with E-state index in [0.717, 1.165) is 49.5 Å². The molecule has 0 saturated carbocycles. The molecule has 0 saturated heterocycles. The second-order valence-corrected chi connectivity index (χ2v) is 7.51. The highest BCUT2D eigenvalue weighted by Crippen LogP contribution is 2.42. The van der Waals surface area contributed by atoms with Gasteiger partial charge in [0.25, 0.3) is 0 Å². The zero-order chi connectivity index (χ0) is 19.1. The molecule has 0 bridgehead atoms. The molecule has 0 radical (unpaired) electrons. The molecule has 0 aromatic heterocycles. The Balaban J connectivity index is 2.18. The second kappa shape index (κ2) is 6.75. The van der Waals surface area contributed by atoms with Gasteiger partial charge in [0.15, 0.2) is 0 Å². The molecule has 1 heterocycles. The number of nitrogens with zero attached hydrogens (tertiary/aromatic N) is 2. The van der Waals surface area contributed by atoms with Gasteiger partial charge < -0.3 is 9.32 Å². The molecular formula is C23H22ClN2O+. The summed E-state index contributed by atoms with van der Waals surface area (Å²) in [5, 5.41) is 2.89. The summed E-state index contributed by atoms with van der Waals surface area (Å²) < 4.78 is 8.41. The van der Waals surface area contributed by atoms with Crippen LogP contribution in [0.3, 0.4) is 0 Å². The van der Waals surface area contributed by atoms with Gasteiger partial charge in [-0.05, 0) is 24.3 Å². The molecular weight excluding hydrogens is 356 g/mol. The number of hydrogen-bond donors (Lipinski definition) is 0. The predicted octanol–water partition coefficient (Wildman–Crippen LogP) is 4.96. The van der Waals surface area contributed by atoms with Crippen LogP contribution in [0.5, 0.6) is 0 Å². The van der Waals surface area contributed by atoms with Crippen molar-refractivity contribution in [2.24, 2.45) is 0 Å². The molecule has 27 heavy (non-hydrogen) atoms. The maximum absolute atomic E-state index is 6.58. The standard InChI is InChI=1S/C23H22ClN2O/c1-25(2)15-9-11-18-21(13-15)27-22-14-16(26(3)4)10-12-19(22)23(18)17-7-5-6-8-20(17)24/h5-14H,1-4H3/q+1. The monoisotopic (exact) mass is 377 g/mol. The van der Waals surface area contributed by atoms with E-state index >= 15 is 0 Å². The molecule has 136 valence electrons. The largest absolute Gasteiger partial charge is 0.456 e. The minimum Gasteiger partial charge on any atom is -0.456 e. The van der Waals surface area contributed by atoms with E-state index in [2.05, 4.69) is 51.9 Å². The quantitative estimate of drug-likeness (QED) is 0.363. The number of hydrogen-bond acceptors (Lipinski definition) is 2. The first-order chi connectivity index (χ1) is 13.0. The Morgan fingerprint density at radius 2 is 1.67 bits per heavy atom. The van der Waals surface area contributed by atoms with Gasteiger partial charge in [-0.2, -0.15) is 0 Å². The summed E-state index contributed by atoms with van der Waals surface area (Å²) in [6.07, 6.45) is 0. The molecule has 3 nitrogen and oxygen atoms in total. The summed E-state index contributed by atoms with van der Waals surface area (Å²) in [5.41, 5.74) is 5.12. The van der Waals surface area contributed by atoms with Gasteiger partial charge in [-0.15, -0.1) is 0 Å². The molecule has 0 atom stereocenters. The van der Waals surface area contributed by atoms with Gasteiger partial charge in [0.05, 0.1) is 6.07 Å². The van der Waals surface area contributed by atoms with Crippen LogP contribution in [0.2, 0.25) is 5.02 Å². The Hall–Kier alpha value is -2.78. The van der Waals surface area contributed by atoms with E-state index < -0.39 is 0 Å². The van der Waals surface area contributed by atoms with Crippen LogP contribution < -0.4 is 14.8 Å². The predicted molar refractivity (Wildman–Crippen MR) is 115 cm³/mol. The van der Waals surface area contributed by atoms with Crippen molar-refractivity contribution in [2.75, 3.05) is 33.1 Å². The van der Waals surface area contributed by atoms with E-state index in [1.165, 1.54) is 0 Å². The van der Waals surface area contributed by atoms with Crippen molar-refractivity contribution in [2.45, 2.75) is 0 Å². The maximum Gasteiger partial charge on any atom is 0.203 e. The van der Waals surface area contributed by atoms with Crippen molar-refractivity contribution in [3.8, 4) is 22.5 Å². The van der Waals surface area contributed by atoms with Crippen molar-refractivity contribution >= 4 is 28.3 Å². The molecule has 2 aromatic carbocycles. The lowest BCUT2D eigenvalue weighted by atomic mass is 9.93. The summed E-state index contributed by atoms with van der Waals surface area (Å²) in [6, 6.07) is 20.6. The Morgan fingerprint density at radius 1 is 0.889 bits per heavy atom. The Kier molecular flexibility index (Phi) is 4.40. The molecule has 0 fully saturated rings.